The maximum Gasteiger partial charge on any atom is 0.203 e. The van der Waals surface area contributed by atoms with E-state index in [-0.39, 0.29) is 0 Å². The molecule has 0 aliphatic rings. The second kappa shape index (κ2) is 6.14. The van der Waals surface area contributed by atoms with Crippen LogP contribution in [0.1, 0.15) is 19.4 Å². The van der Waals surface area contributed by atoms with Crippen molar-refractivity contribution in [2.75, 3.05) is 13.1 Å². The fourth-order valence-corrected chi connectivity index (χ4v) is 1.61. The van der Waals surface area contributed by atoms with Crippen LogP contribution in [0.25, 0.3) is 6.08 Å². The Bertz CT molecular complexity index is 326. The summed E-state index contributed by atoms with van der Waals surface area (Å²) >= 11 is 0. The zero-order valence-corrected chi connectivity index (χ0v) is 9.36. The smallest absolute Gasteiger partial charge is 0.203 e. The molecule has 0 aromatic heterocycles. The van der Waals surface area contributed by atoms with Crippen LogP contribution in [-0.2, 0) is 4.79 Å². The first-order chi connectivity index (χ1) is 7.31. The van der Waals surface area contributed by atoms with Crippen LogP contribution in [-0.4, -0.2) is 19.4 Å². The van der Waals surface area contributed by atoms with Gasteiger partial charge in [0.15, 0.2) is 5.70 Å². The van der Waals surface area contributed by atoms with E-state index in [0.717, 1.165) is 30.6 Å². The quantitative estimate of drug-likeness (QED) is 0.564. The molecule has 80 valence electrons. The van der Waals surface area contributed by atoms with E-state index < -0.39 is 0 Å². The van der Waals surface area contributed by atoms with Crippen LogP contribution in [0.2, 0.25) is 0 Å². The van der Waals surface area contributed by atoms with Gasteiger partial charge in [-0.15, -0.1) is 0 Å². The molecule has 0 bridgehead atoms. The molecule has 2 nitrogen and oxygen atoms in total. The molecule has 0 saturated heterocycles. The minimum atomic E-state index is 0.825. The summed E-state index contributed by atoms with van der Waals surface area (Å²) in [6, 6.07) is 9.94. The molecule has 0 unspecified atom stereocenters. The lowest BCUT2D eigenvalue weighted by atomic mass is 10.2. The van der Waals surface area contributed by atoms with Gasteiger partial charge in [0.2, 0.25) is 6.29 Å². The lowest BCUT2D eigenvalue weighted by Crippen LogP contribution is -3.09. The van der Waals surface area contributed by atoms with E-state index in [4.69, 9.17) is 0 Å². The monoisotopic (exact) mass is 204 g/mol. The van der Waals surface area contributed by atoms with Crippen LogP contribution in [0.4, 0.5) is 0 Å². The van der Waals surface area contributed by atoms with Gasteiger partial charge in [0.05, 0.1) is 13.1 Å². The number of quaternary nitrogens is 1. The van der Waals surface area contributed by atoms with Crippen molar-refractivity contribution in [2.45, 2.75) is 13.8 Å². The maximum absolute atomic E-state index is 11.0. The Kier molecular flexibility index (Phi) is 4.78. The molecular formula is C13H18NO+. The van der Waals surface area contributed by atoms with E-state index in [0.29, 0.717) is 0 Å². The van der Waals surface area contributed by atoms with E-state index >= 15 is 0 Å². The molecule has 0 fully saturated rings. The summed E-state index contributed by atoms with van der Waals surface area (Å²) in [6.45, 7) is 6.05. The van der Waals surface area contributed by atoms with Gasteiger partial charge in [0.25, 0.3) is 0 Å². The molecule has 1 aromatic carbocycles. The first kappa shape index (κ1) is 11.7. The van der Waals surface area contributed by atoms with Gasteiger partial charge in [-0.1, -0.05) is 30.3 Å². The highest BCUT2D eigenvalue weighted by Gasteiger charge is 2.09. The third-order valence-corrected chi connectivity index (χ3v) is 2.51. The van der Waals surface area contributed by atoms with Crippen LogP contribution >= 0.6 is 0 Å². The van der Waals surface area contributed by atoms with Crippen molar-refractivity contribution in [1.82, 2.24) is 0 Å². The maximum atomic E-state index is 11.0. The van der Waals surface area contributed by atoms with Crippen molar-refractivity contribution in [3.05, 3.63) is 41.6 Å². The summed E-state index contributed by atoms with van der Waals surface area (Å²) in [5, 5.41) is 0. The zero-order chi connectivity index (χ0) is 11.1. The number of carbonyl (C=O) groups excluding carboxylic acids is 1. The van der Waals surface area contributed by atoms with Crippen molar-refractivity contribution in [1.29, 1.82) is 0 Å². The van der Waals surface area contributed by atoms with Crippen LogP contribution in [0.15, 0.2) is 36.0 Å². The molecule has 2 heteroatoms. The number of hydrogen-bond donors (Lipinski definition) is 1. The largest absolute Gasteiger partial charge is 0.300 e. The highest BCUT2D eigenvalue weighted by Crippen LogP contribution is 2.01. The van der Waals surface area contributed by atoms with Crippen molar-refractivity contribution in [2.24, 2.45) is 0 Å². The molecule has 0 aliphatic carbocycles. The number of nitrogens with one attached hydrogen (secondary N) is 1. The molecular weight excluding hydrogens is 186 g/mol. The number of hydrogen-bond acceptors (Lipinski definition) is 1. The van der Waals surface area contributed by atoms with Crippen LogP contribution < -0.4 is 4.90 Å². The summed E-state index contributed by atoms with van der Waals surface area (Å²) in [4.78, 5) is 12.2. The molecule has 0 radical (unpaired) electrons. The molecule has 1 aromatic rings. The third kappa shape index (κ3) is 3.33. The SMILES string of the molecule is CC[NH+](CC)/C(C=O)=C/c1ccccc1. The fraction of sp³-hybridized carbons (Fsp3) is 0.308. The lowest BCUT2D eigenvalue weighted by Gasteiger charge is -2.13. The Hall–Kier alpha value is -1.41. The van der Waals surface area contributed by atoms with Crippen LogP contribution in [0.3, 0.4) is 0 Å². The summed E-state index contributed by atoms with van der Waals surface area (Å²) in [7, 11) is 0. The Balaban J connectivity index is 2.91. The fourth-order valence-electron chi connectivity index (χ4n) is 1.61. The molecule has 0 aliphatic heterocycles. The molecule has 0 atom stereocenters. The first-order valence-electron chi connectivity index (χ1n) is 5.38. The number of benzene rings is 1. The minimum absolute atomic E-state index is 0.825. The number of rotatable bonds is 5. The average molecular weight is 204 g/mol. The lowest BCUT2D eigenvalue weighted by molar-refractivity contribution is -0.850. The standard InChI is InChI=1S/C13H17NO/c1-3-14(4-2)13(11-15)10-12-8-6-5-7-9-12/h5-11H,3-4H2,1-2H3/p+1/b13-10+. The van der Waals surface area contributed by atoms with Crippen molar-refractivity contribution < 1.29 is 9.69 Å². The Morgan fingerprint density at radius 2 is 1.80 bits per heavy atom. The number of likely N-dealkylation sites (N-methyl/N-ethyl adjacent to an activating group) is 1. The predicted octanol–water partition coefficient (Wildman–Crippen LogP) is 1.15. The summed E-state index contributed by atoms with van der Waals surface area (Å²) in [6.07, 6.45) is 2.91. The molecule has 0 saturated carbocycles. The Morgan fingerprint density at radius 3 is 2.27 bits per heavy atom. The number of allylic oxidation sites excluding steroid dienone is 1. The van der Waals surface area contributed by atoms with Crippen molar-refractivity contribution in [3.63, 3.8) is 0 Å². The molecule has 0 amide bonds. The van der Waals surface area contributed by atoms with E-state index in [9.17, 15) is 4.79 Å². The highest BCUT2D eigenvalue weighted by molar-refractivity contribution is 5.78. The Labute approximate surface area is 91.2 Å². The first-order valence-corrected chi connectivity index (χ1v) is 5.38. The van der Waals surface area contributed by atoms with E-state index in [2.05, 4.69) is 13.8 Å². The minimum Gasteiger partial charge on any atom is -0.300 e. The molecule has 1 rings (SSSR count). The Morgan fingerprint density at radius 1 is 1.20 bits per heavy atom. The summed E-state index contributed by atoms with van der Waals surface area (Å²) in [5.41, 5.74) is 1.91. The van der Waals surface area contributed by atoms with Gasteiger partial charge in [-0.2, -0.15) is 0 Å². The zero-order valence-electron chi connectivity index (χ0n) is 9.36. The van der Waals surface area contributed by atoms with Gasteiger partial charge in [-0.25, -0.2) is 0 Å². The van der Waals surface area contributed by atoms with Crippen molar-refractivity contribution in [3.8, 4) is 0 Å². The highest BCUT2D eigenvalue weighted by atomic mass is 16.1. The summed E-state index contributed by atoms with van der Waals surface area (Å²) in [5.74, 6) is 0. The second-order valence-electron chi connectivity index (χ2n) is 3.44. The number of aldehydes is 1. The van der Waals surface area contributed by atoms with Gasteiger partial charge in [-0.05, 0) is 19.4 Å². The molecule has 0 spiro atoms. The van der Waals surface area contributed by atoms with Crippen LogP contribution in [0.5, 0.6) is 0 Å². The van der Waals surface area contributed by atoms with Gasteiger partial charge in [0.1, 0.15) is 0 Å². The number of carbonyl (C=O) groups is 1. The van der Waals surface area contributed by atoms with E-state index in [1.807, 2.05) is 36.4 Å². The average Bonchev–Trinajstić information content (AvgIpc) is 2.30. The third-order valence-electron chi connectivity index (χ3n) is 2.51. The molecule has 15 heavy (non-hydrogen) atoms. The normalized spacial score (nSPS) is 11.8. The van der Waals surface area contributed by atoms with Gasteiger partial charge in [0, 0.05) is 6.08 Å². The molecule has 1 N–H and O–H groups in total. The van der Waals surface area contributed by atoms with Crippen molar-refractivity contribution >= 4 is 12.4 Å². The van der Waals surface area contributed by atoms with Crippen LogP contribution in [0, 0.1) is 0 Å². The second-order valence-corrected chi connectivity index (χ2v) is 3.44. The molecule has 0 heterocycles. The predicted molar refractivity (Wildman–Crippen MR) is 62.5 cm³/mol. The van der Waals surface area contributed by atoms with E-state index in [1.54, 1.807) is 0 Å². The van der Waals surface area contributed by atoms with E-state index in [1.165, 1.54) is 4.90 Å². The van der Waals surface area contributed by atoms with Gasteiger partial charge < -0.3 is 4.90 Å². The van der Waals surface area contributed by atoms with Gasteiger partial charge in [-0.3, -0.25) is 4.79 Å². The van der Waals surface area contributed by atoms with Gasteiger partial charge >= 0.3 is 0 Å². The topological polar surface area (TPSA) is 21.5 Å². The summed E-state index contributed by atoms with van der Waals surface area (Å²) < 4.78 is 0.